The number of ether oxygens (including phenoxy) is 2. The van der Waals surface area contributed by atoms with Crippen molar-refractivity contribution < 1.29 is 19.1 Å². The number of benzene rings is 1. The van der Waals surface area contributed by atoms with Crippen LogP contribution in [0.4, 0.5) is 5.69 Å². The van der Waals surface area contributed by atoms with Crippen molar-refractivity contribution >= 4 is 56.6 Å². The van der Waals surface area contributed by atoms with E-state index in [4.69, 9.17) is 10.00 Å². The minimum absolute atomic E-state index is 0.332. The van der Waals surface area contributed by atoms with Crippen LogP contribution in [0.25, 0.3) is 10.1 Å². The summed E-state index contributed by atoms with van der Waals surface area (Å²) in [6, 6.07) is 17.2. The molecule has 1 aromatic carbocycles. The number of unbranched alkanes of at least 4 members (excludes halogenated alkanes) is 2. The van der Waals surface area contributed by atoms with E-state index in [1.165, 1.54) is 16.5 Å². The fourth-order valence-electron chi connectivity index (χ4n) is 2.87. The highest BCUT2D eigenvalue weighted by atomic mass is 32.1. The van der Waals surface area contributed by atoms with Gasteiger partial charge in [0, 0.05) is 17.3 Å². The quantitative estimate of drug-likeness (QED) is 0.0887. The van der Waals surface area contributed by atoms with E-state index in [1.807, 2.05) is 54.9 Å². The number of carbonyl (C=O) groups excluding carboxylic acids is 2. The molecule has 0 unspecified atom stereocenters. The summed E-state index contributed by atoms with van der Waals surface area (Å²) in [6.07, 6.45) is 7.36. The van der Waals surface area contributed by atoms with Gasteiger partial charge in [-0.25, -0.2) is 14.6 Å². The van der Waals surface area contributed by atoms with Gasteiger partial charge in [0.1, 0.15) is 5.69 Å². The Labute approximate surface area is 237 Å². The van der Waals surface area contributed by atoms with Gasteiger partial charge in [-0.3, -0.25) is 4.99 Å². The minimum Gasteiger partial charge on any atom is -0.461 e. The van der Waals surface area contributed by atoms with E-state index in [-0.39, 0.29) is 5.97 Å². The van der Waals surface area contributed by atoms with E-state index in [2.05, 4.69) is 40.0 Å². The maximum Gasteiger partial charge on any atom is 0.411 e. The molecule has 0 aliphatic carbocycles. The minimum atomic E-state index is -0.788. The zero-order valence-electron chi connectivity index (χ0n) is 22.5. The molecule has 0 aliphatic heterocycles. The van der Waals surface area contributed by atoms with Crippen LogP contribution in [0, 0.1) is 18.3 Å². The van der Waals surface area contributed by atoms with Crippen molar-refractivity contribution in [1.82, 2.24) is 4.98 Å². The number of nitriles is 1. The van der Waals surface area contributed by atoms with Crippen LogP contribution in [0.2, 0.25) is 0 Å². The van der Waals surface area contributed by atoms with Crippen LogP contribution in [0.15, 0.2) is 70.5 Å². The fraction of sp³-hybridized carbons (Fsp3) is 0.300. The lowest BCUT2D eigenvalue weighted by Gasteiger charge is -2.02. The van der Waals surface area contributed by atoms with E-state index in [0.717, 1.165) is 41.5 Å². The van der Waals surface area contributed by atoms with Crippen LogP contribution < -0.4 is 0 Å². The fourth-order valence-corrected chi connectivity index (χ4v) is 4.39. The number of pyridine rings is 1. The molecule has 204 valence electrons. The van der Waals surface area contributed by atoms with Gasteiger partial charge in [0.2, 0.25) is 0 Å². The first kappa shape index (κ1) is 31.3. The third-order valence-electron chi connectivity index (χ3n) is 5.09. The standard InChI is InChI=1S/C12H13NO2S.C12H11NS.C6H9NO2/c1-2-3-5-15-12(14)10-7-9-4-6-16-11(9)8-13-10;1-10-7-8-14-12(10)9-13-11-5-3-2-4-6-11;1-2-3-4-9-6(8)5-7/h4,6-8H,2-3,5H2,1H3;2-9H,1H3;2-4H2,1H3. The first-order valence-corrected chi connectivity index (χ1v) is 14.4. The van der Waals surface area contributed by atoms with Gasteiger partial charge in [0.05, 0.1) is 23.6 Å². The first-order valence-electron chi connectivity index (χ1n) is 12.7. The molecule has 3 aromatic heterocycles. The van der Waals surface area contributed by atoms with Gasteiger partial charge in [-0.05, 0) is 71.8 Å². The van der Waals surface area contributed by atoms with E-state index < -0.39 is 5.97 Å². The van der Waals surface area contributed by atoms with Gasteiger partial charge >= 0.3 is 11.9 Å². The van der Waals surface area contributed by atoms with Gasteiger partial charge in [-0.1, -0.05) is 44.9 Å². The second kappa shape index (κ2) is 18.4. The number of aliphatic imine (C=N–C) groups is 1. The highest BCUT2D eigenvalue weighted by Gasteiger charge is 2.09. The van der Waals surface area contributed by atoms with Gasteiger partial charge in [-0.15, -0.1) is 22.7 Å². The zero-order chi connectivity index (χ0) is 28.3. The molecular weight excluding hydrogens is 530 g/mol. The maximum atomic E-state index is 11.6. The average Bonchev–Trinajstić information content (AvgIpc) is 3.61. The topological polar surface area (TPSA) is 102 Å². The van der Waals surface area contributed by atoms with Crippen molar-refractivity contribution in [1.29, 1.82) is 5.26 Å². The van der Waals surface area contributed by atoms with Crippen LogP contribution in [0.5, 0.6) is 0 Å². The number of para-hydroxylation sites is 1. The Kier molecular flexibility index (Phi) is 14.8. The molecular formula is C30H33N3O4S2. The predicted molar refractivity (Wildman–Crippen MR) is 159 cm³/mol. The van der Waals surface area contributed by atoms with Gasteiger partial charge in [-0.2, -0.15) is 5.26 Å². The third-order valence-corrected chi connectivity index (χ3v) is 6.91. The van der Waals surface area contributed by atoms with E-state index in [1.54, 1.807) is 34.9 Å². The summed E-state index contributed by atoms with van der Waals surface area (Å²) in [6.45, 7) is 6.98. The van der Waals surface area contributed by atoms with Crippen molar-refractivity contribution in [2.24, 2.45) is 4.99 Å². The third kappa shape index (κ3) is 12.0. The highest BCUT2D eigenvalue weighted by molar-refractivity contribution is 7.17. The van der Waals surface area contributed by atoms with Crippen molar-refractivity contribution in [2.75, 3.05) is 13.2 Å². The monoisotopic (exact) mass is 563 g/mol. The lowest BCUT2D eigenvalue weighted by Crippen LogP contribution is -2.07. The maximum absolute atomic E-state index is 11.6. The lowest BCUT2D eigenvalue weighted by molar-refractivity contribution is -0.137. The Morgan fingerprint density at radius 1 is 1.00 bits per heavy atom. The van der Waals surface area contributed by atoms with Crippen LogP contribution in [0.1, 0.15) is 60.5 Å². The van der Waals surface area contributed by atoms with Crippen molar-refractivity contribution in [3.63, 3.8) is 0 Å². The summed E-state index contributed by atoms with van der Waals surface area (Å²) in [7, 11) is 0. The summed E-state index contributed by atoms with van der Waals surface area (Å²) in [5.74, 6) is -1.12. The number of hydrogen-bond donors (Lipinski definition) is 0. The summed E-state index contributed by atoms with van der Waals surface area (Å²) in [5.41, 5.74) is 2.68. The van der Waals surface area contributed by atoms with E-state index in [9.17, 15) is 9.59 Å². The summed E-state index contributed by atoms with van der Waals surface area (Å²) >= 11 is 3.33. The molecule has 4 aromatic rings. The van der Waals surface area contributed by atoms with Crippen molar-refractivity contribution in [3.05, 3.63) is 81.6 Å². The van der Waals surface area contributed by atoms with E-state index in [0.29, 0.717) is 18.9 Å². The number of thiophene rings is 2. The normalized spacial score (nSPS) is 10.1. The second-order valence-electron chi connectivity index (χ2n) is 8.18. The highest BCUT2D eigenvalue weighted by Crippen LogP contribution is 2.20. The molecule has 0 amide bonds. The Morgan fingerprint density at radius 2 is 1.69 bits per heavy atom. The molecule has 0 radical (unpaired) electrons. The number of carbonyl (C=O) groups is 2. The van der Waals surface area contributed by atoms with Gasteiger partial charge in [0.15, 0.2) is 6.07 Å². The van der Waals surface area contributed by atoms with Crippen LogP contribution in [-0.4, -0.2) is 36.4 Å². The molecule has 0 saturated carbocycles. The number of hydrogen-bond acceptors (Lipinski definition) is 9. The average molecular weight is 564 g/mol. The number of aromatic nitrogens is 1. The summed E-state index contributed by atoms with van der Waals surface area (Å²) in [5, 5.41) is 13.0. The molecule has 3 heterocycles. The number of esters is 2. The number of fused-ring (bicyclic) bond motifs is 1. The Balaban J connectivity index is 0.000000214. The zero-order valence-corrected chi connectivity index (χ0v) is 24.1. The molecule has 0 spiro atoms. The molecule has 0 bridgehead atoms. The Hall–Kier alpha value is -3.87. The first-order chi connectivity index (χ1) is 19.0. The van der Waals surface area contributed by atoms with Gasteiger partial charge in [0.25, 0.3) is 0 Å². The molecule has 0 N–H and O–H groups in total. The van der Waals surface area contributed by atoms with Gasteiger partial charge < -0.3 is 9.47 Å². The second-order valence-corrected chi connectivity index (χ2v) is 10.1. The molecule has 39 heavy (non-hydrogen) atoms. The molecule has 4 rings (SSSR count). The lowest BCUT2D eigenvalue weighted by atomic mass is 10.3. The molecule has 9 heteroatoms. The SMILES string of the molecule is CCCCOC(=O)C#N.CCCCOC(=O)c1cc2ccsc2cn1.Cc1ccsc1C=Nc1ccccc1. The van der Waals surface area contributed by atoms with Crippen LogP contribution in [-0.2, 0) is 14.3 Å². The van der Waals surface area contributed by atoms with Crippen LogP contribution in [0.3, 0.4) is 0 Å². The smallest absolute Gasteiger partial charge is 0.411 e. The molecule has 0 saturated heterocycles. The summed E-state index contributed by atoms with van der Waals surface area (Å²) in [4.78, 5) is 31.4. The largest absolute Gasteiger partial charge is 0.461 e. The van der Waals surface area contributed by atoms with Crippen LogP contribution >= 0.6 is 22.7 Å². The molecule has 0 atom stereocenters. The molecule has 0 aliphatic rings. The van der Waals surface area contributed by atoms with Crippen molar-refractivity contribution in [3.8, 4) is 6.07 Å². The predicted octanol–water partition coefficient (Wildman–Crippen LogP) is 7.91. The number of rotatable bonds is 9. The Bertz CT molecular complexity index is 1360. The van der Waals surface area contributed by atoms with Crippen molar-refractivity contribution in [2.45, 2.75) is 46.5 Å². The van der Waals surface area contributed by atoms with E-state index >= 15 is 0 Å². The summed E-state index contributed by atoms with van der Waals surface area (Å²) < 4.78 is 10.6. The molecule has 7 nitrogen and oxygen atoms in total. The Morgan fingerprint density at radius 3 is 2.33 bits per heavy atom. The molecule has 0 fully saturated rings. The number of aryl methyl sites for hydroxylation is 1. The number of nitrogens with zero attached hydrogens (tertiary/aromatic N) is 3.